The second-order valence-electron chi connectivity index (χ2n) is 3.91. The lowest BCUT2D eigenvalue weighted by Gasteiger charge is -2.25. The molecule has 3 atom stereocenters. The summed E-state index contributed by atoms with van der Waals surface area (Å²) in [5.74, 6) is 0.408. The molecule has 3 fully saturated rings. The number of fused-ring (bicyclic) bond motifs is 1. The number of ether oxygens (including phenoxy) is 3. The van der Waals surface area contributed by atoms with Crippen LogP contribution in [0.3, 0.4) is 0 Å². The van der Waals surface area contributed by atoms with E-state index in [4.69, 9.17) is 14.2 Å². The summed E-state index contributed by atoms with van der Waals surface area (Å²) in [4.78, 5) is 11.5. The topological polar surface area (TPSA) is 44.8 Å². The van der Waals surface area contributed by atoms with Crippen LogP contribution in [-0.2, 0) is 19.0 Å². The number of carbonyl (C=O) groups excluding carboxylic acids is 1. The number of carbonyl (C=O) groups is 1. The normalized spacial score (nSPS) is 42.3. The van der Waals surface area contributed by atoms with Crippen LogP contribution < -0.4 is 0 Å². The molecule has 0 aromatic carbocycles. The van der Waals surface area contributed by atoms with Crippen LogP contribution >= 0.6 is 0 Å². The lowest BCUT2D eigenvalue weighted by Crippen LogP contribution is -2.38. The Morgan fingerprint density at radius 1 is 1.38 bits per heavy atom. The Labute approximate surface area is 76.1 Å². The number of esters is 1. The molecular weight excluding hydrogens is 172 g/mol. The molecule has 2 heterocycles. The molecule has 0 spiro atoms. The average Bonchev–Trinajstić information content (AvgIpc) is 2.53. The maximum Gasteiger partial charge on any atom is 0.312 e. The molecule has 3 unspecified atom stereocenters. The van der Waals surface area contributed by atoms with Crippen LogP contribution in [0.2, 0.25) is 0 Å². The third-order valence-corrected chi connectivity index (χ3v) is 3.02. The van der Waals surface area contributed by atoms with Crippen LogP contribution in [0.5, 0.6) is 0 Å². The molecule has 0 N–H and O–H groups in total. The molecule has 3 aliphatic rings. The van der Waals surface area contributed by atoms with Crippen LogP contribution in [0, 0.1) is 11.8 Å². The van der Waals surface area contributed by atoms with E-state index >= 15 is 0 Å². The molecule has 1 aliphatic carbocycles. The first-order valence-corrected chi connectivity index (χ1v) is 4.76. The summed E-state index contributed by atoms with van der Waals surface area (Å²) < 4.78 is 15.5. The maximum atomic E-state index is 11.5. The number of hydrogen-bond acceptors (Lipinski definition) is 4. The van der Waals surface area contributed by atoms with Crippen molar-refractivity contribution in [2.24, 2.45) is 11.8 Å². The fourth-order valence-corrected chi connectivity index (χ4v) is 2.09. The highest BCUT2D eigenvalue weighted by atomic mass is 16.6. The molecule has 13 heavy (non-hydrogen) atoms. The summed E-state index contributed by atoms with van der Waals surface area (Å²) in [5.41, 5.74) is 0. The quantitative estimate of drug-likeness (QED) is 0.565. The van der Waals surface area contributed by atoms with Gasteiger partial charge in [0.15, 0.2) is 0 Å². The van der Waals surface area contributed by atoms with Gasteiger partial charge in [-0.1, -0.05) is 0 Å². The average molecular weight is 184 g/mol. The second-order valence-corrected chi connectivity index (χ2v) is 3.91. The summed E-state index contributed by atoms with van der Waals surface area (Å²) in [5, 5.41) is 0. The fraction of sp³-hybridized carbons (Fsp3) is 0.889. The molecule has 4 nitrogen and oxygen atoms in total. The van der Waals surface area contributed by atoms with Gasteiger partial charge in [0.2, 0.25) is 0 Å². The Hall–Kier alpha value is -0.610. The molecule has 0 radical (unpaired) electrons. The van der Waals surface area contributed by atoms with Gasteiger partial charge in [0.05, 0.1) is 25.2 Å². The van der Waals surface area contributed by atoms with Crippen LogP contribution in [0.25, 0.3) is 0 Å². The molecule has 3 rings (SSSR count). The largest absolute Gasteiger partial charge is 0.457 e. The molecule has 2 saturated heterocycles. The lowest BCUT2D eigenvalue weighted by molar-refractivity contribution is -0.175. The van der Waals surface area contributed by atoms with Gasteiger partial charge in [-0.25, -0.2) is 0 Å². The van der Waals surface area contributed by atoms with E-state index in [1.807, 2.05) is 0 Å². The Bertz CT molecular complexity index is 226. The fourth-order valence-electron chi connectivity index (χ4n) is 2.09. The molecule has 0 aromatic rings. The summed E-state index contributed by atoms with van der Waals surface area (Å²) >= 11 is 0. The zero-order chi connectivity index (χ0) is 8.84. The van der Waals surface area contributed by atoms with E-state index in [0.29, 0.717) is 19.1 Å². The van der Waals surface area contributed by atoms with E-state index < -0.39 is 0 Å². The minimum absolute atomic E-state index is 0.00817. The highest BCUT2D eigenvalue weighted by Gasteiger charge is 2.60. The van der Waals surface area contributed by atoms with Gasteiger partial charge in [0.1, 0.15) is 6.10 Å². The smallest absolute Gasteiger partial charge is 0.312 e. The third kappa shape index (κ3) is 1.16. The molecular formula is C9H12O4. The third-order valence-electron chi connectivity index (χ3n) is 3.02. The zero-order valence-corrected chi connectivity index (χ0v) is 7.27. The summed E-state index contributed by atoms with van der Waals surface area (Å²) in [6.07, 6.45) is 1.20. The molecule has 0 bridgehead atoms. The SMILES string of the molecule is O=C(OC1COC1)C1C2CCOC21. The van der Waals surface area contributed by atoms with Crippen molar-refractivity contribution in [2.45, 2.75) is 18.6 Å². The van der Waals surface area contributed by atoms with Crippen LogP contribution in [0.4, 0.5) is 0 Å². The van der Waals surface area contributed by atoms with Gasteiger partial charge in [-0.15, -0.1) is 0 Å². The highest BCUT2D eigenvalue weighted by Crippen LogP contribution is 2.49. The van der Waals surface area contributed by atoms with Gasteiger partial charge in [-0.3, -0.25) is 4.79 Å². The van der Waals surface area contributed by atoms with Gasteiger partial charge in [-0.05, 0) is 6.42 Å². The van der Waals surface area contributed by atoms with Gasteiger partial charge >= 0.3 is 5.97 Å². The minimum atomic E-state index is -0.0806. The summed E-state index contributed by atoms with van der Waals surface area (Å²) in [6, 6.07) is 0. The number of rotatable bonds is 2. The Kier molecular flexibility index (Phi) is 1.60. The van der Waals surface area contributed by atoms with Gasteiger partial charge in [0, 0.05) is 12.5 Å². The molecule has 0 aromatic heterocycles. The Balaban J connectivity index is 1.52. The summed E-state index contributed by atoms with van der Waals surface area (Å²) in [6.45, 7) is 1.94. The molecule has 0 amide bonds. The minimum Gasteiger partial charge on any atom is -0.457 e. The van der Waals surface area contributed by atoms with E-state index in [0.717, 1.165) is 13.0 Å². The standard InChI is InChI=1S/C9H12O4/c10-9(13-5-3-11-4-5)7-6-1-2-12-8(6)7/h5-8H,1-4H2. The molecule has 4 heteroatoms. The van der Waals surface area contributed by atoms with E-state index in [-0.39, 0.29) is 24.1 Å². The van der Waals surface area contributed by atoms with Crippen molar-refractivity contribution in [3.05, 3.63) is 0 Å². The highest BCUT2D eigenvalue weighted by molar-refractivity contribution is 5.77. The van der Waals surface area contributed by atoms with E-state index in [1.165, 1.54) is 0 Å². The van der Waals surface area contributed by atoms with Crippen molar-refractivity contribution in [1.29, 1.82) is 0 Å². The van der Waals surface area contributed by atoms with Crippen LogP contribution in [0.1, 0.15) is 6.42 Å². The zero-order valence-electron chi connectivity index (χ0n) is 7.27. The van der Waals surface area contributed by atoms with Gasteiger partial charge < -0.3 is 14.2 Å². The molecule has 72 valence electrons. The molecule has 1 saturated carbocycles. The monoisotopic (exact) mass is 184 g/mol. The Morgan fingerprint density at radius 2 is 2.23 bits per heavy atom. The van der Waals surface area contributed by atoms with Crippen molar-refractivity contribution in [3.8, 4) is 0 Å². The Morgan fingerprint density at radius 3 is 2.77 bits per heavy atom. The first-order valence-electron chi connectivity index (χ1n) is 4.76. The van der Waals surface area contributed by atoms with Crippen molar-refractivity contribution in [3.63, 3.8) is 0 Å². The van der Waals surface area contributed by atoms with Gasteiger partial charge in [0.25, 0.3) is 0 Å². The predicted molar refractivity (Wildman–Crippen MR) is 42.0 cm³/mol. The predicted octanol–water partition coefficient (Wildman–Crippen LogP) is -0.0367. The van der Waals surface area contributed by atoms with Crippen molar-refractivity contribution in [2.75, 3.05) is 19.8 Å². The van der Waals surface area contributed by atoms with E-state index in [1.54, 1.807) is 0 Å². The second kappa shape index (κ2) is 2.69. The van der Waals surface area contributed by atoms with Crippen molar-refractivity contribution >= 4 is 5.97 Å². The van der Waals surface area contributed by atoms with Gasteiger partial charge in [-0.2, -0.15) is 0 Å². The first kappa shape index (κ1) is 7.76. The van der Waals surface area contributed by atoms with Crippen molar-refractivity contribution in [1.82, 2.24) is 0 Å². The summed E-state index contributed by atoms with van der Waals surface area (Å²) in [7, 11) is 0. The van der Waals surface area contributed by atoms with Crippen LogP contribution in [0.15, 0.2) is 0 Å². The van der Waals surface area contributed by atoms with Crippen LogP contribution in [-0.4, -0.2) is 38.0 Å². The first-order chi connectivity index (χ1) is 6.36. The van der Waals surface area contributed by atoms with Crippen molar-refractivity contribution < 1.29 is 19.0 Å². The molecule has 2 aliphatic heterocycles. The lowest BCUT2D eigenvalue weighted by atomic mass is 10.2. The number of hydrogen-bond donors (Lipinski definition) is 0. The van der Waals surface area contributed by atoms with E-state index in [9.17, 15) is 4.79 Å². The maximum absolute atomic E-state index is 11.5. The van der Waals surface area contributed by atoms with E-state index in [2.05, 4.69) is 0 Å².